The van der Waals surface area contributed by atoms with Crippen LogP contribution in [0.1, 0.15) is 105 Å². The summed E-state index contributed by atoms with van der Waals surface area (Å²) in [6, 6.07) is 24.7. The molecule has 0 aliphatic carbocycles. The van der Waals surface area contributed by atoms with Crippen molar-refractivity contribution < 1.29 is 30.3 Å². The van der Waals surface area contributed by atoms with Gasteiger partial charge in [0.15, 0.2) is 12.9 Å². The van der Waals surface area contributed by atoms with Crippen LogP contribution in [-0.4, -0.2) is 13.9 Å². The second-order valence-electron chi connectivity index (χ2n) is 17.1. The minimum atomic E-state index is -5.99. The fraction of sp³-hybridized carbons (Fsp3) is 0.415. The van der Waals surface area contributed by atoms with Gasteiger partial charge in [0.1, 0.15) is 0 Å². The number of halogens is 3. The molecule has 0 aliphatic heterocycles. The van der Waals surface area contributed by atoms with Crippen LogP contribution in [0.2, 0.25) is 0 Å². The van der Waals surface area contributed by atoms with Gasteiger partial charge in [-0.15, -0.1) is 0 Å². The lowest BCUT2D eigenvalue weighted by atomic mass is 9.81. The van der Waals surface area contributed by atoms with Crippen molar-refractivity contribution in [3.05, 3.63) is 107 Å². The Hall–Kier alpha value is -3.35. The van der Waals surface area contributed by atoms with Gasteiger partial charge in [0.25, 0.3) is 0 Å². The Morgan fingerprint density at radius 3 is 1.22 bits per heavy atom. The molecule has 50 heavy (non-hydrogen) atoms. The standard InChI is InChI=1S/C41H50F3O4PS/c1-37(2,3)27-21-28(38(4,5)6)24-31(23-27)49(45,32-25-29(39(7,8)9)22-30(26-32)40(10,11)12)36-20-16-14-18-34(36)33-17-13-15-19-35(33)48-50(46,47)41(42,43)44/h13-26H,1-12H3. The minimum absolute atomic E-state index is 0.0715. The molecule has 0 fully saturated rings. The molecule has 0 unspecified atom stereocenters. The van der Waals surface area contributed by atoms with E-state index in [4.69, 9.17) is 4.18 Å². The normalized spacial score (nSPS) is 13.7. The summed E-state index contributed by atoms with van der Waals surface area (Å²) < 4.78 is 86.6. The molecule has 0 radical (unpaired) electrons. The molecule has 0 bridgehead atoms. The second kappa shape index (κ2) is 13.0. The Labute approximate surface area is 297 Å². The van der Waals surface area contributed by atoms with Crippen molar-refractivity contribution in [2.24, 2.45) is 0 Å². The second-order valence-corrected chi connectivity index (χ2v) is 21.4. The van der Waals surface area contributed by atoms with Gasteiger partial charge in [-0.05, 0) is 79.8 Å². The van der Waals surface area contributed by atoms with E-state index >= 15 is 4.57 Å². The molecule has 0 heterocycles. The highest BCUT2D eigenvalue weighted by atomic mass is 32.2. The lowest BCUT2D eigenvalue weighted by Gasteiger charge is -2.32. The van der Waals surface area contributed by atoms with E-state index in [2.05, 4.69) is 95.2 Å². The molecule has 0 spiro atoms. The smallest absolute Gasteiger partial charge is 0.375 e. The Balaban J connectivity index is 2.24. The van der Waals surface area contributed by atoms with Gasteiger partial charge in [-0.25, -0.2) is 0 Å². The molecule has 0 amide bonds. The zero-order chi connectivity index (χ0) is 37.9. The summed E-state index contributed by atoms with van der Waals surface area (Å²) >= 11 is 0. The first-order valence-corrected chi connectivity index (χ1v) is 19.8. The van der Waals surface area contributed by atoms with E-state index in [1.165, 1.54) is 18.2 Å². The van der Waals surface area contributed by atoms with Gasteiger partial charge in [-0.2, -0.15) is 21.6 Å². The van der Waals surface area contributed by atoms with Crippen LogP contribution in [0.4, 0.5) is 13.2 Å². The topological polar surface area (TPSA) is 60.4 Å². The maximum absolute atomic E-state index is 16.7. The predicted octanol–water partition coefficient (Wildman–Crippen LogP) is 10.4. The third-order valence-corrected chi connectivity index (χ3v) is 12.9. The summed E-state index contributed by atoms with van der Waals surface area (Å²) in [6.45, 7) is 25.2. The van der Waals surface area contributed by atoms with E-state index in [9.17, 15) is 21.6 Å². The maximum Gasteiger partial charge on any atom is 0.534 e. The molecule has 0 aromatic heterocycles. The monoisotopic (exact) mass is 726 g/mol. The van der Waals surface area contributed by atoms with Crippen molar-refractivity contribution in [3.63, 3.8) is 0 Å². The Morgan fingerprint density at radius 1 is 0.520 bits per heavy atom. The zero-order valence-electron chi connectivity index (χ0n) is 31.2. The van der Waals surface area contributed by atoms with E-state index in [0.29, 0.717) is 21.5 Å². The van der Waals surface area contributed by atoms with Crippen LogP contribution < -0.4 is 20.1 Å². The molecule has 4 aromatic rings. The quantitative estimate of drug-likeness (QED) is 0.113. The van der Waals surface area contributed by atoms with E-state index in [-0.39, 0.29) is 27.2 Å². The molecule has 9 heteroatoms. The van der Waals surface area contributed by atoms with E-state index in [0.717, 1.165) is 22.3 Å². The van der Waals surface area contributed by atoms with Crippen LogP contribution in [0.15, 0.2) is 84.9 Å². The maximum atomic E-state index is 16.7. The van der Waals surface area contributed by atoms with Crippen molar-refractivity contribution in [1.82, 2.24) is 0 Å². The summed E-state index contributed by atoms with van der Waals surface area (Å²) in [5.74, 6) is -0.513. The van der Waals surface area contributed by atoms with Crippen LogP contribution >= 0.6 is 7.14 Å². The Kier molecular flexibility index (Phi) is 10.3. The highest BCUT2D eigenvalue weighted by Crippen LogP contribution is 2.49. The predicted molar refractivity (Wildman–Crippen MR) is 202 cm³/mol. The summed E-state index contributed by atoms with van der Waals surface area (Å²) in [6.07, 6.45) is 0. The number of benzene rings is 4. The Bertz CT molecular complexity index is 1910. The third kappa shape index (κ3) is 8.07. The molecule has 4 rings (SSSR count). The molecule has 0 saturated heterocycles. The number of alkyl halides is 3. The molecule has 0 atom stereocenters. The summed E-state index contributed by atoms with van der Waals surface area (Å²) in [4.78, 5) is 0. The van der Waals surface area contributed by atoms with Gasteiger partial charge in [0.2, 0.25) is 0 Å². The van der Waals surface area contributed by atoms with Gasteiger partial charge in [0.05, 0.1) is 0 Å². The number of para-hydroxylation sites is 1. The SMILES string of the molecule is CC(C)(C)c1cc(C(C)(C)C)cc(P(=O)(c2cc(C(C)(C)C)cc(C(C)(C)C)c2)c2ccccc2-c2ccccc2OS(=O)(=O)C(F)(F)F)c1. The molecule has 4 nitrogen and oxygen atoms in total. The summed E-state index contributed by atoms with van der Waals surface area (Å²) in [5.41, 5.74) is -2.55. The van der Waals surface area contributed by atoms with Crippen LogP contribution in [0.3, 0.4) is 0 Å². The van der Waals surface area contributed by atoms with Gasteiger partial charge in [-0.3, -0.25) is 0 Å². The highest BCUT2D eigenvalue weighted by molar-refractivity contribution is 7.88. The van der Waals surface area contributed by atoms with Crippen molar-refractivity contribution in [1.29, 1.82) is 0 Å². The molecule has 0 N–H and O–H groups in total. The van der Waals surface area contributed by atoms with Gasteiger partial charge in [-0.1, -0.05) is 138 Å². The average Bonchev–Trinajstić information content (AvgIpc) is 2.98. The van der Waals surface area contributed by atoms with E-state index in [1.54, 1.807) is 30.3 Å². The fourth-order valence-corrected chi connectivity index (χ4v) is 9.09. The van der Waals surface area contributed by atoms with Crippen LogP contribution in [0.25, 0.3) is 11.1 Å². The highest BCUT2D eigenvalue weighted by Gasteiger charge is 2.49. The lowest BCUT2D eigenvalue weighted by molar-refractivity contribution is -0.0499. The first-order valence-electron chi connectivity index (χ1n) is 16.7. The van der Waals surface area contributed by atoms with Crippen LogP contribution in [0, 0.1) is 0 Å². The van der Waals surface area contributed by atoms with Gasteiger partial charge >= 0.3 is 15.6 Å². The van der Waals surface area contributed by atoms with E-state index in [1.807, 2.05) is 24.3 Å². The zero-order valence-corrected chi connectivity index (χ0v) is 32.9. The molecule has 4 aromatic carbocycles. The molecular formula is C41H50F3O4PS. The Morgan fingerprint density at radius 2 is 0.860 bits per heavy atom. The van der Waals surface area contributed by atoms with Crippen molar-refractivity contribution in [2.45, 2.75) is 110 Å². The number of hydrogen-bond acceptors (Lipinski definition) is 4. The van der Waals surface area contributed by atoms with Crippen LogP contribution in [0.5, 0.6) is 5.75 Å². The third-order valence-electron chi connectivity index (χ3n) is 8.93. The first-order chi connectivity index (χ1) is 22.6. The number of rotatable bonds is 6. The van der Waals surface area contributed by atoms with Crippen molar-refractivity contribution in [2.75, 3.05) is 0 Å². The van der Waals surface area contributed by atoms with Crippen LogP contribution in [-0.2, 0) is 36.3 Å². The average molecular weight is 727 g/mol. The molecule has 270 valence electrons. The molecule has 0 aliphatic rings. The molecular weight excluding hydrogens is 676 g/mol. The summed E-state index contributed by atoms with van der Waals surface area (Å²) in [7, 11) is -9.89. The van der Waals surface area contributed by atoms with Crippen molar-refractivity contribution >= 4 is 33.2 Å². The molecule has 0 saturated carbocycles. The van der Waals surface area contributed by atoms with Crippen molar-refractivity contribution in [3.8, 4) is 16.9 Å². The lowest BCUT2D eigenvalue weighted by Crippen LogP contribution is -2.31. The van der Waals surface area contributed by atoms with Gasteiger partial charge < -0.3 is 8.75 Å². The summed E-state index contributed by atoms with van der Waals surface area (Å²) in [5, 5.41) is 1.52. The first kappa shape index (κ1) is 39.4. The van der Waals surface area contributed by atoms with E-state index < -0.39 is 28.5 Å². The fourth-order valence-electron chi connectivity index (χ4n) is 5.65. The van der Waals surface area contributed by atoms with Gasteiger partial charge in [0, 0.05) is 21.5 Å². The number of hydrogen-bond donors (Lipinski definition) is 0. The minimum Gasteiger partial charge on any atom is -0.375 e. The largest absolute Gasteiger partial charge is 0.534 e.